The van der Waals surface area contributed by atoms with Crippen LogP contribution in [0.4, 0.5) is 0 Å². The van der Waals surface area contributed by atoms with Crippen molar-refractivity contribution in [1.82, 2.24) is 14.5 Å². The number of hydrogen-bond acceptors (Lipinski definition) is 3. The maximum atomic E-state index is 11.9. The van der Waals surface area contributed by atoms with Crippen LogP contribution in [0.5, 0.6) is 0 Å². The lowest BCUT2D eigenvalue weighted by molar-refractivity contribution is 0.279. The molecule has 0 radical (unpaired) electrons. The molecular formula is C15H25N3O2. The first-order valence-corrected chi connectivity index (χ1v) is 7.50. The molecule has 0 saturated heterocycles. The van der Waals surface area contributed by atoms with E-state index >= 15 is 0 Å². The molecule has 1 aromatic rings. The molecule has 112 valence electrons. The fourth-order valence-corrected chi connectivity index (χ4v) is 3.01. The minimum atomic E-state index is -0.264. The predicted molar refractivity (Wildman–Crippen MR) is 79.8 cm³/mol. The van der Waals surface area contributed by atoms with Crippen LogP contribution in [0, 0.1) is 5.92 Å². The second-order valence-corrected chi connectivity index (χ2v) is 5.94. The molecule has 1 N–H and O–H groups in total. The summed E-state index contributed by atoms with van der Waals surface area (Å²) in [6, 6.07) is 1.97. The van der Waals surface area contributed by atoms with Crippen molar-refractivity contribution in [2.75, 3.05) is 0 Å². The summed E-state index contributed by atoms with van der Waals surface area (Å²) in [4.78, 5) is 23.5. The number of nitrogens with one attached hydrogen (secondary N) is 1. The van der Waals surface area contributed by atoms with Crippen LogP contribution in [-0.4, -0.2) is 15.2 Å². The lowest BCUT2D eigenvalue weighted by Crippen LogP contribution is -2.41. The van der Waals surface area contributed by atoms with E-state index in [0.29, 0.717) is 18.5 Å². The summed E-state index contributed by atoms with van der Waals surface area (Å²) < 4.78 is 2.68. The average molecular weight is 279 g/mol. The van der Waals surface area contributed by atoms with Crippen LogP contribution in [-0.2, 0) is 20.6 Å². The van der Waals surface area contributed by atoms with E-state index in [1.807, 2.05) is 0 Å². The zero-order chi connectivity index (χ0) is 14.7. The highest BCUT2D eigenvalue weighted by molar-refractivity contribution is 5.02. The van der Waals surface area contributed by atoms with E-state index < -0.39 is 0 Å². The second kappa shape index (κ2) is 6.39. The Morgan fingerprint density at radius 3 is 2.50 bits per heavy atom. The largest absolute Gasteiger partial charge is 0.330 e. The van der Waals surface area contributed by atoms with Gasteiger partial charge in [0.25, 0.3) is 5.56 Å². The number of rotatable bonds is 4. The third-order valence-electron chi connectivity index (χ3n) is 4.59. The van der Waals surface area contributed by atoms with Gasteiger partial charge in [0.05, 0.1) is 0 Å². The average Bonchev–Trinajstić information content (AvgIpc) is 2.48. The molecule has 1 aliphatic rings. The van der Waals surface area contributed by atoms with Crippen molar-refractivity contribution in [2.45, 2.75) is 51.6 Å². The van der Waals surface area contributed by atoms with Gasteiger partial charge in [0, 0.05) is 38.4 Å². The fourth-order valence-electron chi connectivity index (χ4n) is 3.01. The normalized spacial score (nSPS) is 18.1. The molecule has 1 aromatic heterocycles. The van der Waals surface area contributed by atoms with Gasteiger partial charge in [0.2, 0.25) is 0 Å². The van der Waals surface area contributed by atoms with Gasteiger partial charge in [-0.2, -0.15) is 0 Å². The molecule has 0 unspecified atom stereocenters. The van der Waals surface area contributed by atoms with Crippen molar-refractivity contribution >= 4 is 0 Å². The molecular weight excluding hydrogens is 254 g/mol. The van der Waals surface area contributed by atoms with E-state index in [2.05, 4.69) is 12.2 Å². The Bertz CT molecular complexity index is 567. The van der Waals surface area contributed by atoms with Crippen LogP contribution < -0.4 is 16.6 Å². The topological polar surface area (TPSA) is 56.0 Å². The van der Waals surface area contributed by atoms with Crippen LogP contribution >= 0.6 is 0 Å². The number of hydrogen-bond donors (Lipinski definition) is 1. The van der Waals surface area contributed by atoms with Crippen molar-refractivity contribution in [3.8, 4) is 0 Å². The standard InChI is InChI=1S/C15H25N3O2/c1-11(12-7-5-4-6-8-12)16-10-13-9-14(19)18(3)15(20)17(13)2/h9,11-12,16H,4-8,10H2,1-3H3/t11-/m1/s1. The monoisotopic (exact) mass is 279 g/mol. The Hall–Kier alpha value is -1.36. The highest BCUT2D eigenvalue weighted by Gasteiger charge is 2.19. The van der Waals surface area contributed by atoms with E-state index in [-0.39, 0.29) is 11.2 Å². The zero-order valence-electron chi connectivity index (χ0n) is 12.7. The molecule has 5 nitrogen and oxygen atoms in total. The van der Waals surface area contributed by atoms with E-state index in [9.17, 15) is 9.59 Å². The highest BCUT2D eigenvalue weighted by Crippen LogP contribution is 2.26. The SMILES string of the molecule is C[C@@H](NCc1cc(=O)n(C)c(=O)n1C)C1CCCCC1. The van der Waals surface area contributed by atoms with Crippen molar-refractivity contribution in [2.24, 2.45) is 20.0 Å². The summed E-state index contributed by atoms with van der Waals surface area (Å²) in [5.74, 6) is 0.715. The summed E-state index contributed by atoms with van der Waals surface area (Å²) in [5, 5.41) is 3.48. The van der Waals surface area contributed by atoms with Gasteiger partial charge in [-0.25, -0.2) is 4.79 Å². The molecule has 2 rings (SSSR count). The highest BCUT2D eigenvalue weighted by atomic mass is 16.2. The molecule has 0 bridgehead atoms. The zero-order valence-corrected chi connectivity index (χ0v) is 12.7. The molecule has 0 spiro atoms. The summed E-state index contributed by atoms with van der Waals surface area (Å²) >= 11 is 0. The van der Waals surface area contributed by atoms with E-state index in [0.717, 1.165) is 10.3 Å². The Balaban J connectivity index is 2.04. The number of aromatic nitrogens is 2. The molecule has 20 heavy (non-hydrogen) atoms. The molecule has 0 aromatic carbocycles. The molecule has 1 heterocycles. The molecule has 0 amide bonds. The Kier molecular flexibility index (Phi) is 4.81. The van der Waals surface area contributed by atoms with Crippen LogP contribution in [0.25, 0.3) is 0 Å². The van der Waals surface area contributed by atoms with Gasteiger partial charge in [0.1, 0.15) is 0 Å². The van der Waals surface area contributed by atoms with Crippen LogP contribution in [0.15, 0.2) is 15.7 Å². The van der Waals surface area contributed by atoms with Gasteiger partial charge in [-0.1, -0.05) is 19.3 Å². The summed E-state index contributed by atoms with van der Waals surface area (Å²) in [5.41, 5.74) is 0.246. The molecule has 1 saturated carbocycles. The summed E-state index contributed by atoms with van der Waals surface area (Å²) in [7, 11) is 3.22. The fraction of sp³-hybridized carbons (Fsp3) is 0.733. The van der Waals surface area contributed by atoms with Gasteiger partial charge in [0.15, 0.2) is 0 Å². The Morgan fingerprint density at radius 1 is 1.20 bits per heavy atom. The predicted octanol–water partition coefficient (Wildman–Crippen LogP) is 1.14. The van der Waals surface area contributed by atoms with E-state index in [1.54, 1.807) is 17.7 Å². The van der Waals surface area contributed by atoms with E-state index in [4.69, 9.17) is 0 Å². The molecule has 5 heteroatoms. The Morgan fingerprint density at radius 2 is 1.85 bits per heavy atom. The quantitative estimate of drug-likeness (QED) is 0.899. The van der Waals surface area contributed by atoms with Crippen molar-refractivity contribution < 1.29 is 0 Å². The first kappa shape index (κ1) is 15.0. The van der Waals surface area contributed by atoms with Gasteiger partial charge in [-0.05, 0) is 25.7 Å². The van der Waals surface area contributed by atoms with E-state index in [1.165, 1.54) is 39.2 Å². The summed E-state index contributed by atoms with van der Waals surface area (Å²) in [6.45, 7) is 2.77. The Labute approximate surface area is 119 Å². The third kappa shape index (κ3) is 3.20. The smallest absolute Gasteiger partial charge is 0.308 e. The lowest BCUT2D eigenvalue weighted by atomic mass is 9.84. The van der Waals surface area contributed by atoms with Gasteiger partial charge < -0.3 is 5.32 Å². The van der Waals surface area contributed by atoms with Crippen molar-refractivity contribution in [3.63, 3.8) is 0 Å². The molecule has 0 aliphatic heterocycles. The van der Waals surface area contributed by atoms with Crippen molar-refractivity contribution in [1.29, 1.82) is 0 Å². The molecule has 1 atom stereocenters. The lowest BCUT2D eigenvalue weighted by Gasteiger charge is -2.28. The second-order valence-electron chi connectivity index (χ2n) is 5.94. The van der Waals surface area contributed by atoms with Gasteiger partial charge >= 0.3 is 5.69 Å². The minimum Gasteiger partial charge on any atom is -0.308 e. The maximum Gasteiger partial charge on any atom is 0.330 e. The van der Waals surface area contributed by atoms with Gasteiger partial charge in [-0.3, -0.25) is 13.9 Å². The minimum absolute atomic E-state index is 0.241. The third-order valence-corrected chi connectivity index (χ3v) is 4.59. The van der Waals surface area contributed by atoms with Crippen LogP contribution in [0.2, 0.25) is 0 Å². The molecule has 1 fully saturated rings. The first-order chi connectivity index (χ1) is 9.50. The van der Waals surface area contributed by atoms with Crippen LogP contribution in [0.1, 0.15) is 44.7 Å². The van der Waals surface area contributed by atoms with Crippen LogP contribution in [0.3, 0.4) is 0 Å². The van der Waals surface area contributed by atoms with Gasteiger partial charge in [-0.15, -0.1) is 0 Å². The first-order valence-electron chi connectivity index (χ1n) is 7.50. The number of nitrogens with zero attached hydrogens (tertiary/aromatic N) is 2. The summed E-state index contributed by atoms with van der Waals surface area (Å²) in [6.07, 6.45) is 6.56. The molecule has 1 aliphatic carbocycles. The van der Waals surface area contributed by atoms with Crippen molar-refractivity contribution in [3.05, 3.63) is 32.6 Å². The maximum absolute atomic E-state index is 11.9.